The third kappa shape index (κ3) is 6.58. The number of hydrogen-bond acceptors (Lipinski definition) is 3. The second-order valence-corrected chi connectivity index (χ2v) is 6.55. The Bertz CT molecular complexity index is 524. The minimum Gasteiger partial charge on any atom is -0.494 e. The Morgan fingerprint density at radius 2 is 2.00 bits per heavy atom. The molecule has 1 aromatic rings. The number of hydrogen-bond donors (Lipinski definition) is 2. The van der Waals surface area contributed by atoms with Crippen LogP contribution in [0.2, 0.25) is 0 Å². The quantitative estimate of drug-likeness (QED) is 0.561. The van der Waals surface area contributed by atoms with Crippen molar-refractivity contribution in [2.24, 2.45) is 4.99 Å². The van der Waals surface area contributed by atoms with Crippen LogP contribution in [0.25, 0.3) is 0 Å². The van der Waals surface area contributed by atoms with Crippen LogP contribution in [0.15, 0.2) is 29.3 Å². The van der Waals surface area contributed by atoms with Gasteiger partial charge in [-0.15, -0.1) is 0 Å². The maximum Gasteiger partial charge on any atom is 0.191 e. The zero-order chi connectivity index (χ0) is 17.9. The van der Waals surface area contributed by atoms with E-state index in [1.54, 1.807) is 0 Å². The van der Waals surface area contributed by atoms with Crippen molar-refractivity contribution in [1.82, 2.24) is 15.5 Å². The summed E-state index contributed by atoms with van der Waals surface area (Å²) in [5, 5.41) is 7.02. The molecule has 1 heterocycles. The molecule has 1 aliphatic rings. The molecule has 1 fully saturated rings. The summed E-state index contributed by atoms with van der Waals surface area (Å²) in [7, 11) is 1.84. The molecule has 0 aromatic heterocycles. The third-order valence-electron chi connectivity index (χ3n) is 4.65. The molecule has 0 bridgehead atoms. The van der Waals surface area contributed by atoms with Crippen LogP contribution in [0, 0.1) is 0 Å². The lowest BCUT2D eigenvalue weighted by Gasteiger charge is -2.32. The fourth-order valence-corrected chi connectivity index (χ4v) is 3.33. The van der Waals surface area contributed by atoms with E-state index in [4.69, 9.17) is 4.74 Å². The molecular formula is C20H34N4O. The van der Waals surface area contributed by atoms with Crippen LogP contribution in [-0.2, 0) is 6.42 Å². The van der Waals surface area contributed by atoms with Crippen LogP contribution < -0.4 is 15.4 Å². The van der Waals surface area contributed by atoms with E-state index in [2.05, 4.69) is 39.6 Å². The molecule has 140 valence electrons. The second kappa shape index (κ2) is 11.0. The van der Waals surface area contributed by atoms with Crippen LogP contribution >= 0.6 is 0 Å². The van der Waals surface area contributed by atoms with Gasteiger partial charge in [0.25, 0.3) is 0 Å². The highest BCUT2D eigenvalue weighted by atomic mass is 16.5. The molecule has 5 nitrogen and oxygen atoms in total. The average Bonchev–Trinajstić information content (AvgIpc) is 2.64. The van der Waals surface area contributed by atoms with E-state index in [0.717, 1.165) is 24.7 Å². The molecule has 0 aliphatic carbocycles. The summed E-state index contributed by atoms with van der Waals surface area (Å²) < 4.78 is 5.69. The van der Waals surface area contributed by atoms with E-state index in [1.165, 1.54) is 44.5 Å². The summed E-state index contributed by atoms with van der Waals surface area (Å²) in [6.07, 6.45) is 4.54. The van der Waals surface area contributed by atoms with Gasteiger partial charge in [-0.2, -0.15) is 0 Å². The first-order valence-corrected chi connectivity index (χ1v) is 9.67. The highest BCUT2D eigenvalue weighted by Gasteiger charge is 2.19. The molecule has 2 N–H and O–H groups in total. The molecule has 25 heavy (non-hydrogen) atoms. The van der Waals surface area contributed by atoms with Gasteiger partial charge in [0.15, 0.2) is 5.96 Å². The van der Waals surface area contributed by atoms with Crippen molar-refractivity contribution < 1.29 is 4.74 Å². The molecule has 0 unspecified atom stereocenters. The Balaban J connectivity index is 1.74. The number of guanidine groups is 1. The summed E-state index contributed by atoms with van der Waals surface area (Å²) in [5.74, 6) is 1.89. The van der Waals surface area contributed by atoms with E-state index in [1.807, 2.05) is 26.1 Å². The molecule has 1 aliphatic heterocycles. The molecule has 1 aromatic carbocycles. The molecule has 0 spiro atoms. The molecule has 0 radical (unpaired) electrons. The average molecular weight is 347 g/mol. The number of nitrogens with one attached hydrogen (secondary N) is 2. The largest absolute Gasteiger partial charge is 0.494 e. The maximum atomic E-state index is 5.69. The molecule has 0 atom stereocenters. The lowest BCUT2D eigenvalue weighted by atomic mass is 10.1. The smallest absolute Gasteiger partial charge is 0.191 e. The minimum absolute atomic E-state index is 0.523. The molecule has 0 saturated carbocycles. The fourth-order valence-electron chi connectivity index (χ4n) is 3.33. The molecule has 1 saturated heterocycles. The zero-order valence-electron chi connectivity index (χ0n) is 16.1. The lowest BCUT2D eigenvalue weighted by Crippen LogP contribution is -2.49. The van der Waals surface area contributed by atoms with Crippen molar-refractivity contribution >= 4 is 5.96 Å². The van der Waals surface area contributed by atoms with E-state index in [9.17, 15) is 0 Å². The SMILES string of the molecule is CCCN1CCC(NC(=NC)NCCc2ccccc2OCC)CC1. The number of likely N-dealkylation sites (tertiary alicyclic amines) is 1. The number of piperidine rings is 1. The van der Waals surface area contributed by atoms with Gasteiger partial charge in [-0.25, -0.2) is 0 Å². The Labute approximate surface area is 152 Å². The van der Waals surface area contributed by atoms with E-state index in [-0.39, 0.29) is 0 Å². The van der Waals surface area contributed by atoms with Crippen LogP contribution in [-0.4, -0.2) is 56.7 Å². The number of para-hydroxylation sites is 1. The van der Waals surface area contributed by atoms with Gasteiger partial charge in [-0.3, -0.25) is 4.99 Å². The Morgan fingerprint density at radius 1 is 1.24 bits per heavy atom. The van der Waals surface area contributed by atoms with Gasteiger partial charge in [0, 0.05) is 32.7 Å². The third-order valence-corrected chi connectivity index (χ3v) is 4.65. The van der Waals surface area contributed by atoms with Gasteiger partial charge in [0.1, 0.15) is 5.75 Å². The predicted molar refractivity (Wildman–Crippen MR) is 106 cm³/mol. The molecule has 5 heteroatoms. The van der Waals surface area contributed by atoms with Gasteiger partial charge < -0.3 is 20.3 Å². The molecular weight excluding hydrogens is 312 g/mol. The van der Waals surface area contributed by atoms with Crippen LogP contribution in [0.3, 0.4) is 0 Å². The summed E-state index contributed by atoms with van der Waals surface area (Å²) in [5.41, 5.74) is 1.24. The van der Waals surface area contributed by atoms with Gasteiger partial charge in [0.05, 0.1) is 6.61 Å². The Kier molecular flexibility index (Phi) is 8.60. The normalized spacial score (nSPS) is 16.7. The minimum atomic E-state index is 0.523. The summed E-state index contributed by atoms with van der Waals surface area (Å²) in [4.78, 5) is 6.93. The van der Waals surface area contributed by atoms with E-state index < -0.39 is 0 Å². The van der Waals surface area contributed by atoms with Crippen LogP contribution in [0.4, 0.5) is 0 Å². The first kappa shape index (κ1) is 19.6. The fraction of sp³-hybridized carbons (Fsp3) is 0.650. The Morgan fingerprint density at radius 3 is 2.68 bits per heavy atom. The standard InChI is InChI=1S/C20H34N4O/c1-4-14-24-15-11-18(12-16-24)23-20(21-3)22-13-10-17-8-6-7-9-19(17)25-5-2/h6-9,18H,4-5,10-16H2,1-3H3,(H2,21,22,23). The molecule has 2 rings (SSSR count). The van der Waals surface area contributed by atoms with Crippen molar-refractivity contribution in [2.45, 2.75) is 45.6 Å². The number of rotatable bonds is 8. The highest BCUT2D eigenvalue weighted by Crippen LogP contribution is 2.18. The van der Waals surface area contributed by atoms with Crippen molar-refractivity contribution in [3.8, 4) is 5.75 Å². The topological polar surface area (TPSA) is 48.9 Å². The van der Waals surface area contributed by atoms with Crippen LogP contribution in [0.5, 0.6) is 5.75 Å². The van der Waals surface area contributed by atoms with Crippen molar-refractivity contribution in [2.75, 3.05) is 39.8 Å². The van der Waals surface area contributed by atoms with Crippen molar-refractivity contribution in [1.29, 1.82) is 0 Å². The molecule has 0 amide bonds. The Hall–Kier alpha value is -1.75. The maximum absolute atomic E-state index is 5.69. The number of aliphatic imine (C=N–C) groups is 1. The van der Waals surface area contributed by atoms with Gasteiger partial charge in [-0.05, 0) is 50.8 Å². The first-order chi connectivity index (χ1) is 12.3. The van der Waals surface area contributed by atoms with Gasteiger partial charge >= 0.3 is 0 Å². The second-order valence-electron chi connectivity index (χ2n) is 6.55. The first-order valence-electron chi connectivity index (χ1n) is 9.67. The van der Waals surface area contributed by atoms with Crippen LogP contribution in [0.1, 0.15) is 38.7 Å². The van der Waals surface area contributed by atoms with Gasteiger partial charge in [0.2, 0.25) is 0 Å². The number of ether oxygens (including phenoxy) is 1. The van der Waals surface area contributed by atoms with E-state index >= 15 is 0 Å². The highest BCUT2D eigenvalue weighted by molar-refractivity contribution is 5.79. The van der Waals surface area contributed by atoms with Crippen molar-refractivity contribution in [3.63, 3.8) is 0 Å². The van der Waals surface area contributed by atoms with Gasteiger partial charge in [-0.1, -0.05) is 25.1 Å². The van der Waals surface area contributed by atoms with Crippen molar-refractivity contribution in [3.05, 3.63) is 29.8 Å². The monoisotopic (exact) mass is 346 g/mol. The number of benzene rings is 1. The summed E-state index contributed by atoms with van der Waals surface area (Å²) in [6, 6.07) is 8.78. The lowest BCUT2D eigenvalue weighted by molar-refractivity contribution is 0.206. The van der Waals surface area contributed by atoms with E-state index in [0.29, 0.717) is 12.6 Å². The zero-order valence-corrected chi connectivity index (χ0v) is 16.1. The summed E-state index contributed by atoms with van der Waals surface area (Å²) in [6.45, 7) is 9.41. The number of nitrogens with zero attached hydrogens (tertiary/aromatic N) is 2. The predicted octanol–water partition coefficient (Wildman–Crippen LogP) is 2.67. The summed E-state index contributed by atoms with van der Waals surface area (Å²) >= 11 is 0.